The van der Waals surface area contributed by atoms with E-state index in [9.17, 15) is 13.6 Å². The highest BCUT2D eigenvalue weighted by atomic mass is 32.2. The number of rotatable bonds is 3. The molecular formula is C11H9F2N3OS. The van der Waals surface area contributed by atoms with Crippen LogP contribution in [0.25, 0.3) is 0 Å². The molecule has 1 aromatic heterocycles. The number of nitrogens with two attached hydrogens (primary N) is 1. The van der Waals surface area contributed by atoms with E-state index in [2.05, 4.69) is 9.97 Å². The van der Waals surface area contributed by atoms with E-state index in [1.807, 2.05) is 0 Å². The number of nitrogens with zero attached hydrogens (tertiary/aromatic N) is 1. The molecule has 3 N–H and O–H groups in total. The van der Waals surface area contributed by atoms with Gasteiger partial charge in [0.1, 0.15) is 5.82 Å². The standard InChI is InChI=1S/C11H9F2N3OS/c12-7-3-1-2-6(10(7)13)5-18-11-15-8(14)4-9(17)16-11/h1-4H,5H2,(H3,14,15,16,17). The van der Waals surface area contributed by atoms with E-state index >= 15 is 0 Å². The van der Waals surface area contributed by atoms with Gasteiger partial charge in [-0.3, -0.25) is 4.79 Å². The summed E-state index contributed by atoms with van der Waals surface area (Å²) >= 11 is 1.07. The number of aromatic amines is 1. The number of benzene rings is 1. The fourth-order valence-electron chi connectivity index (χ4n) is 1.33. The Hall–Kier alpha value is -1.89. The lowest BCUT2D eigenvalue weighted by atomic mass is 10.2. The van der Waals surface area contributed by atoms with Crippen LogP contribution in [0.1, 0.15) is 5.56 Å². The van der Waals surface area contributed by atoms with E-state index in [0.29, 0.717) is 0 Å². The highest BCUT2D eigenvalue weighted by Crippen LogP contribution is 2.21. The van der Waals surface area contributed by atoms with E-state index < -0.39 is 11.6 Å². The second-order valence-corrected chi connectivity index (χ2v) is 4.44. The minimum absolute atomic E-state index is 0.0842. The molecule has 0 saturated heterocycles. The van der Waals surface area contributed by atoms with E-state index in [0.717, 1.165) is 23.9 Å². The zero-order valence-corrected chi connectivity index (χ0v) is 9.93. The maximum absolute atomic E-state index is 13.4. The number of anilines is 1. The molecular weight excluding hydrogens is 260 g/mol. The van der Waals surface area contributed by atoms with E-state index in [1.165, 1.54) is 12.1 Å². The second-order valence-electron chi connectivity index (χ2n) is 3.48. The average Bonchev–Trinajstić information content (AvgIpc) is 2.30. The van der Waals surface area contributed by atoms with Gasteiger partial charge >= 0.3 is 0 Å². The number of thioether (sulfide) groups is 1. The SMILES string of the molecule is Nc1cc(=O)[nH]c(SCc2cccc(F)c2F)n1. The molecule has 0 fully saturated rings. The third kappa shape index (κ3) is 2.86. The van der Waals surface area contributed by atoms with Gasteiger partial charge in [-0.05, 0) is 6.07 Å². The van der Waals surface area contributed by atoms with Crippen LogP contribution < -0.4 is 11.3 Å². The third-order valence-electron chi connectivity index (χ3n) is 2.14. The fraction of sp³-hybridized carbons (Fsp3) is 0.0909. The zero-order valence-electron chi connectivity index (χ0n) is 9.11. The van der Waals surface area contributed by atoms with Crippen LogP contribution in [0.4, 0.5) is 14.6 Å². The summed E-state index contributed by atoms with van der Waals surface area (Å²) in [6.45, 7) is 0. The first kappa shape index (κ1) is 12.6. The summed E-state index contributed by atoms with van der Waals surface area (Å²) in [7, 11) is 0. The molecule has 2 aromatic rings. The molecule has 2 rings (SSSR count). The van der Waals surface area contributed by atoms with Gasteiger partial charge < -0.3 is 10.7 Å². The molecule has 0 bridgehead atoms. The van der Waals surface area contributed by atoms with Crippen molar-refractivity contribution in [3.05, 3.63) is 51.8 Å². The Balaban J connectivity index is 2.16. The summed E-state index contributed by atoms with van der Waals surface area (Å²) in [6.07, 6.45) is 0. The largest absolute Gasteiger partial charge is 0.383 e. The molecule has 1 heterocycles. The van der Waals surface area contributed by atoms with Crippen LogP contribution in [0.3, 0.4) is 0 Å². The van der Waals surface area contributed by atoms with Crippen LogP contribution >= 0.6 is 11.8 Å². The van der Waals surface area contributed by atoms with Crippen molar-refractivity contribution in [3.8, 4) is 0 Å². The predicted octanol–water partition coefficient (Wildman–Crippen LogP) is 1.92. The van der Waals surface area contributed by atoms with Gasteiger partial charge in [0.15, 0.2) is 16.8 Å². The Bertz CT molecular complexity index is 630. The topological polar surface area (TPSA) is 71.8 Å². The molecule has 0 radical (unpaired) electrons. The highest BCUT2D eigenvalue weighted by molar-refractivity contribution is 7.98. The van der Waals surface area contributed by atoms with Gasteiger partial charge in [0.25, 0.3) is 5.56 Å². The van der Waals surface area contributed by atoms with Crippen LogP contribution in [0.15, 0.2) is 34.2 Å². The van der Waals surface area contributed by atoms with Gasteiger partial charge in [0.2, 0.25) is 0 Å². The third-order valence-corrected chi connectivity index (χ3v) is 3.06. The van der Waals surface area contributed by atoms with Crippen molar-refractivity contribution in [2.24, 2.45) is 0 Å². The Kier molecular flexibility index (Phi) is 3.61. The normalized spacial score (nSPS) is 10.6. The molecule has 0 atom stereocenters. The first-order valence-corrected chi connectivity index (χ1v) is 5.97. The molecule has 0 saturated carbocycles. The summed E-state index contributed by atoms with van der Waals surface area (Å²) in [6, 6.07) is 5.08. The molecule has 7 heteroatoms. The molecule has 0 spiro atoms. The quantitative estimate of drug-likeness (QED) is 0.659. The van der Waals surface area contributed by atoms with Crippen molar-refractivity contribution < 1.29 is 8.78 Å². The Morgan fingerprint density at radius 2 is 2.17 bits per heavy atom. The van der Waals surface area contributed by atoms with Gasteiger partial charge in [-0.25, -0.2) is 13.8 Å². The molecule has 1 aromatic carbocycles. The van der Waals surface area contributed by atoms with Crippen molar-refractivity contribution in [2.45, 2.75) is 10.9 Å². The van der Waals surface area contributed by atoms with E-state index in [-0.39, 0.29) is 27.8 Å². The molecule has 0 aliphatic rings. The first-order valence-electron chi connectivity index (χ1n) is 4.99. The Morgan fingerprint density at radius 1 is 1.39 bits per heavy atom. The van der Waals surface area contributed by atoms with Gasteiger partial charge in [-0.2, -0.15) is 0 Å². The molecule has 0 aliphatic carbocycles. The smallest absolute Gasteiger partial charge is 0.253 e. The summed E-state index contributed by atoms with van der Waals surface area (Å²) < 4.78 is 26.3. The fourth-order valence-corrected chi connectivity index (χ4v) is 2.19. The van der Waals surface area contributed by atoms with Crippen molar-refractivity contribution in [3.63, 3.8) is 0 Å². The van der Waals surface area contributed by atoms with Crippen LogP contribution in [-0.4, -0.2) is 9.97 Å². The van der Waals surface area contributed by atoms with Crippen molar-refractivity contribution in [2.75, 3.05) is 5.73 Å². The van der Waals surface area contributed by atoms with Crippen molar-refractivity contribution in [1.29, 1.82) is 0 Å². The van der Waals surface area contributed by atoms with Gasteiger partial charge in [-0.1, -0.05) is 23.9 Å². The van der Waals surface area contributed by atoms with Crippen molar-refractivity contribution in [1.82, 2.24) is 9.97 Å². The van der Waals surface area contributed by atoms with E-state index in [1.54, 1.807) is 0 Å². The van der Waals surface area contributed by atoms with Crippen LogP contribution in [0, 0.1) is 11.6 Å². The zero-order chi connectivity index (χ0) is 13.1. The highest BCUT2D eigenvalue weighted by Gasteiger charge is 2.08. The Labute approximate surface area is 105 Å². The maximum atomic E-state index is 13.4. The monoisotopic (exact) mass is 269 g/mol. The molecule has 94 valence electrons. The number of nitrogens with one attached hydrogen (secondary N) is 1. The van der Waals surface area contributed by atoms with Crippen molar-refractivity contribution >= 4 is 17.6 Å². The number of H-pyrrole nitrogens is 1. The van der Waals surface area contributed by atoms with Crippen LogP contribution in [0.2, 0.25) is 0 Å². The van der Waals surface area contributed by atoms with Gasteiger partial charge in [0, 0.05) is 17.4 Å². The first-order chi connectivity index (χ1) is 8.56. The molecule has 18 heavy (non-hydrogen) atoms. The number of nitrogen functional groups attached to an aromatic ring is 1. The molecule has 0 aliphatic heterocycles. The minimum Gasteiger partial charge on any atom is -0.383 e. The van der Waals surface area contributed by atoms with Crippen LogP contribution in [-0.2, 0) is 5.75 Å². The summed E-state index contributed by atoms with van der Waals surface area (Å²) in [5.74, 6) is -1.56. The number of aromatic nitrogens is 2. The lowest BCUT2D eigenvalue weighted by Crippen LogP contribution is -2.09. The lowest BCUT2D eigenvalue weighted by molar-refractivity contribution is 0.502. The maximum Gasteiger partial charge on any atom is 0.253 e. The summed E-state index contributed by atoms with van der Waals surface area (Å²) in [5.41, 5.74) is 5.22. The average molecular weight is 269 g/mol. The second kappa shape index (κ2) is 5.18. The van der Waals surface area contributed by atoms with Crippen LogP contribution in [0.5, 0.6) is 0 Å². The molecule has 4 nitrogen and oxygen atoms in total. The van der Waals surface area contributed by atoms with Gasteiger partial charge in [0.05, 0.1) is 0 Å². The predicted molar refractivity (Wildman–Crippen MR) is 65.2 cm³/mol. The minimum atomic E-state index is -0.901. The Morgan fingerprint density at radius 3 is 2.89 bits per heavy atom. The summed E-state index contributed by atoms with van der Waals surface area (Å²) in [4.78, 5) is 17.4. The molecule has 0 unspecified atom stereocenters. The number of halogens is 2. The molecule has 0 amide bonds. The number of hydrogen-bond donors (Lipinski definition) is 2. The summed E-state index contributed by atoms with van der Waals surface area (Å²) in [5, 5.41) is 0.267. The van der Waals surface area contributed by atoms with E-state index in [4.69, 9.17) is 5.73 Å². The number of hydrogen-bond acceptors (Lipinski definition) is 4. The van der Waals surface area contributed by atoms with Gasteiger partial charge in [-0.15, -0.1) is 0 Å². The lowest BCUT2D eigenvalue weighted by Gasteiger charge is -2.03.